The number of hydrogen-bond acceptors (Lipinski definition) is 6. The summed E-state index contributed by atoms with van der Waals surface area (Å²) < 4.78 is 1.69. The van der Waals surface area contributed by atoms with Gasteiger partial charge in [-0.25, -0.2) is 15.0 Å². The lowest BCUT2D eigenvalue weighted by Crippen LogP contribution is -2.22. The van der Waals surface area contributed by atoms with Crippen molar-refractivity contribution in [1.82, 2.24) is 19.5 Å². The van der Waals surface area contributed by atoms with E-state index in [0.717, 1.165) is 47.5 Å². The molecular formula is C23H21ClN6O. The molecule has 3 heterocycles. The number of fused-ring (bicyclic) bond motifs is 1. The molecule has 0 unspecified atom stereocenters. The second-order valence-corrected chi connectivity index (χ2v) is 8.07. The Hall–Kier alpha value is -3.45. The smallest absolute Gasteiger partial charge is 0.255 e. The Bertz CT molecular complexity index is 1260. The van der Waals surface area contributed by atoms with Crippen molar-refractivity contribution >= 4 is 34.1 Å². The largest absolute Gasteiger partial charge is 0.367 e. The zero-order valence-electron chi connectivity index (χ0n) is 16.7. The molecule has 1 saturated carbocycles. The minimum atomic E-state index is -0.0729. The normalized spacial score (nSPS) is 18.2. The number of aromatic nitrogens is 4. The van der Waals surface area contributed by atoms with Crippen molar-refractivity contribution < 1.29 is 0 Å². The number of nitrogens with zero attached hydrogens (tertiary/aromatic N) is 4. The van der Waals surface area contributed by atoms with Crippen molar-refractivity contribution in [3.05, 3.63) is 82.6 Å². The van der Waals surface area contributed by atoms with Crippen LogP contribution in [0.25, 0.3) is 16.6 Å². The van der Waals surface area contributed by atoms with E-state index in [4.69, 9.17) is 11.6 Å². The summed E-state index contributed by atoms with van der Waals surface area (Å²) >= 11 is 5.79. The molecule has 7 nitrogen and oxygen atoms in total. The van der Waals surface area contributed by atoms with Gasteiger partial charge in [0.05, 0.1) is 29.8 Å². The van der Waals surface area contributed by atoms with Crippen LogP contribution in [-0.2, 0) is 0 Å². The van der Waals surface area contributed by atoms with Crippen LogP contribution in [0.15, 0.2) is 71.9 Å². The molecule has 0 saturated heterocycles. The summed E-state index contributed by atoms with van der Waals surface area (Å²) in [5.74, 6) is 1.53. The molecule has 156 valence electrons. The lowest BCUT2D eigenvalue weighted by Gasteiger charge is -2.16. The molecular weight excluding hydrogens is 412 g/mol. The van der Waals surface area contributed by atoms with Crippen molar-refractivity contribution in [2.24, 2.45) is 0 Å². The molecule has 3 aromatic heterocycles. The van der Waals surface area contributed by atoms with Gasteiger partial charge in [0.15, 0.2) is 0 Å². The van der Waals surface area contributed by atoms with Gasteiger partial charge in [-0.05, 0) is 48.9 Å². The molecule has 31 heavy (non-hydrogen) atoms. The second kappa shape index (κ2) is 8.35. The van der Waals surface area contributed by atoms with Crippen LogP contribution in [-0.4, -0.2) is 31.6 Å². The monoisotopic (exact) mass is 432 g/mol. The third-order valence-corrected chi connectivity index (χ3v) is 5.76. The predicted molar refractivity (Wildman–Crippen MR) is 123 cm³/mol. The fourth-order valence-corrected chi connectivity index (χ4v) is 4.20. The Morgan fingerprint density at radius 2 is 1.61 bits per heavy atom. The van der Waals surface area contributed by atoms with Crippen LogP contribution in [0.2, 0.25) is 5.15 Å². The molecule has 2 N–H and O–H groups in total. The third-order valence-electron chi connectivity index (χ3n) is 5.57. The first-order valence-corrected chi connectivity index (χ1v) is 10.6. The summed E-state index contributed by atoms with van der Waals surface area (Å²) in [5, 5.41) is 8.31. The number of nitrogens with one attached hydrogen (secondary N) is 2. The van der Waals surface area contributed by atoms with Gasteiger partial charge >= 0.3 is 0 Å². The average molecular weight is 433 g/mol. The highest BCUT2D eigenvalue weighted by atomic mass is 35.5. The molecule has 0 aliphatic heterocycles. The van der Waals surface area contributed by atoms with Gasteiger partial charge in [-0.3, -0.25) is 9.36 Å². The fraction of sp³-hybridized carbons (Fsp3) is 0.217. The summed E-state index contributed by atoms with van der Waals surface area (Å²) in [6, 6.07) is 15.8. The van der Waals surface area contributed by atoms with E-state index in [1.54, 1.807) is 29.2 Å². The van der Waals surface area contributed by atoms with Gasteiger partial charge in [0.2, 0.25) is 0 Å². The predicted octanol–water partition coefficient (Wildman–Crippen LogP) is 4.27. The first-order valence-electron chi connectivity index (χ1n) is 10.2. The van der Waals surface area contributed by atoms with Crippen molar-refractivity contribution in [2.75, 3.05) is 10.6 Å². The van der Waals surface area contributed by atoms with Gasteiger partial charge in [-0.2, -0.15) is 0 Å². The molecule has 0 spiro atoms. The van der Waals surface area contributed by atoms with Crippen molar-refractivity contribution in [3.8, 4) is 5.69 Å². The van der Waals surface area contributed by atoms with Gasteiger partial charge in [0.25, 0.3) is 5.56 Å². The number of anilines is 2. The van der Waals surface area contributed by atoms with Gasteiger partial charge < -0.3 is 10.6 Å². The highest BCUT2D eigenvalue weighted by Crippen LogP contribution is 2.25. The Morgan fingerprint density at radius 3 is 2.35 bits per heavy atom. The number of halogens is 1. The Morgan fingerprint density at radius 1 is 0.839 bits per heavy atom. The lowest BCUT2D eigenvalue weighted by atomic mass is 10.2. The van der Waals surface area contributed by atoms with E-state index >= 15 is 0 Å². The van der Waals surface area contributed by atoms with Crippen molar-refractivity contribution in [3.63, 3.8) is 0 Å². The van der Waals surface area contributed by atoms with Gasteiger partial charge in [-0.1, -0.05) is 29.8 Å². The third kappa shape index (κ3) is 4.22. The zero-order chi connectivity index (χ0) is 21.2. The van der Waals surface area contributed by atoms with Gasteiger partial charge in [-0.15, -0.1) is 0 Å². The van der Waals surface area contributed by atoms with Crippen molar-refractivity contribution in [1.29, 1.82) is 0 Å². The Labute approximate surface area is 184 Å². The molecule has 1 aromatic carbocycles. The SMILES string of the molecule is O=c1ccc2ccccc2n1-c1ccc(N[C@H]2CC[C@H](Nc3cnc(Cl)cn3)C2)nc1. The maximum Gasteiger partial charge on any atom is 0.255 e. The molecule has 8 heteroatoms. The number of rotatable bonds is 5. The molecule has 0 bridgehead atoms. The van der Waals surface area contributed by atoms with E-state index in [9.17, 15) is 4.79 Å². The van der Waals surface area contributed by atoms with Crippen LogP contribution in [0.4, 0.5) is 11.6 Å². The second-order valence-electron chi connectivity index (χ2n) is 7.69. The highest BCUT2D eigenvalue weighted by molar-refractivity contribution is 6.29. The van der Waals surface area contributed by atoms with E-state index < -0.39 is 0 Å². The maximum absolute atomic E-state index is 12.5. The van der Waals surface area contributed by atoms with Gasteiger partial charge in [0, 0.05) is 18.2 Å². The summed E-state index contributed by atoms with van der Waals surface area (Å²) in [7, 11) is 0. The van der Waals surface area contributed by atoms with Crippen LogP contribution in [0, 0.1) is 0 Å². The molecule has 1 fully saturated rings. The molecule has 0 radical (unpaired) electrons. The molecule has 0 amide bonds. The Balaban J connectivity index is 1.27. The molecule has 1 aliphatic rings. The van der Waals surface area contributed by atoms with Crippen LogP contribution in [0.5, 0.6) is 0 Å². The molecule has 1 aliphatic carbocycles. The summed E-state index contributed by atoms with van der Waals surface area (Å²) in [5.41, 5.74) is 1.54. The standard InChI is InChI=1S/C23H21ClN6O/c24-20-13-27-22(14-25-20)29-17-7-6-16(11-17)28-21-9-8-18(12-26-21)30-19-4-2-1-3-15(19)5-10-23(30)31/h1-5,8-10,12-14,16-17H,6-7,11H2,(H,26,28)(H,27,29)/t16-,17-/m0/s1. The molecule has 5 rings (SSSR count). The number of hydrogen-bond donors (Lipinski definition) is 2. The van der Waals surface area contributed by atoms with E-state index in [-0.39, 0.29) is 5.56 Å². The highest BCUT2D eigenvalue weighted by Gasteiger charge is 2.25. The van der Waals surface area contributed by atoms with Crippen molar-refractivity contribution in [2.45, 2.75) is 31.3 Å². The topological polar surface area (TPSA) is 84.7 Å². The first kappa shape index (κ1) is 19.5. The number of benzene rings is 1. The Kier molecular flexibility index (Phi) is 5.26. The minimum absolute atomic E-state index is 0.0729. The van der Waals surface area contributed by atoms with E-state index in [1.807, 2.05) is 42.5 Å². The minimum Gasteiger partial charge on any atom is -0.367 e. The van der Waals surface area contributed by atoms with E-state index in [1.165, 1.54) is 0 Å². The average Bonchev–Trinajstić information content (AvgIpc) is 3.23. The quantitative estimate of drug-likeness (QED) is 0.489. The zero-order valence-corrected chi connectivity index (χ0v) is 17.5. The van der Waals surface area contributed by atoms with Crippen LogP contribution in [0.3, 0.4) is 0 Å². The lowest BCUT2D eigenvalue weighted by molar-refractivity contribution is 0.719. The van der Waals surface area contributed by atoms with E-state index in [0.29, 0.717) is 17.2 Å². The van der Waals surface area contributed by atoms with E-state index in [2.05, 4.69) is 25.6 Å². The van der Waals surface area contributed by atoms with Crippen LogP contribution in [0.1, 0.15) is 19.3 Å². The molecule has 4 aromatic rings. The first-order chi connectivity index (χ1) is 15.2. The maximum atomic E-state index is 12.5. The van der Waals surface area contributed by atoms with Crippen LogP contribution >= 0.6 is 11.6 Å². The van der Waals surface area contributed by atoms with Gasteiger partial charge in [0.1, 0.15) is 16.8 Å². The summed E-state index contributed by atoms with van der Waals surface area (Å²) in [6.45, 7) is 0. The summed E-state index contributed by atoms with van der Waals surface area (Å²) in [6.07, 6.45) is 7.96. The van der Waals surface area contributed by atoms with Crippen LogP contribution < -0.4 is 16.2 Å². The summed E-state index contributed by atoms with van der Waals surface area (Å²) in [4.78, 5) is 25.4. The number of para-hydroxylation sites is 1. The number of pyridine rings is 2. The molecule has 2 atom stereocenters. The fourth-order valence-electron chi connectivity index (χ4n) is 4.11.